The fourth-order valence-electron chi connectivity index (χ4n) is 3.71. The van der Waals surface area contributed by atoms with Gasteiger partial charge < -0.3 is 14.8 Å². The predicted molar refractivity (Wildman–Crippen MR) is 139 cm³/mol. The molecule has 0 aliphatic rings. The summed E-state index contributed by atoms with van der Waals surface area (Å²) in [5, 5.41) is 3.54. The van der Waals surface area contributed by atoms with Gasteiger partial charge in [0.2, 0.25) is 5.91 Å². The quantitative estimate of drug-likeness (QED) is 0.327. The van der Waals surface area contributed by atoms with Crippen molar-refractivity contribution >= 4 is 29.4 Å². The third-order valence-corrected chi connectivity index (χ3v) is 5.71. The molecule has 0 aliphatic carbocycles. The Labute approximate surface area is 216 Å². The highest BCUT2D eigenvalue weighted by Gasteiger charge is 2.19. The lowest BCUT2D eigenvalue weighted by molar-refractivity contribution is -0.146. The molecule has 188 valence electrons. The molecule has 0 bridgehead atoms. The Hall–Kier alpha value is -3.64. The fourth-order valence-corrected chi connectivity index (χ4v) is 3.90. The van der Waals surface area contributed by atoms with Crippen LogP contribution in [0.4, 0.5) is 0 Å². The van der Waals surface area contributed by atoms with E-state index in [0.29, 0.717) is 11.4 Å². The SMILES string of the molecule is CCOC(=O)CCC(=O)N[C@@H](CC(=O)OCc1ccccc1)Cc1ccc(-c2cccc(Cl)c2)cc1. The molecule has 0 heterocycles. The molecule has 1 N–H and O–H groups in total. The van der Waals surface area contributed by atoms with Crippen LogP contribution < -0.4 is 5.32 Å². The van der Waals surface area contributed by atoms with Crippen LogP contribution in [-0.4, -0.2) is 30.5 Å². The van der Waals surface area contributed by atoms with Crippen LogP contribution in [-0.2, 0) is 36.9 Å². The second-order valence-corrected chi connectivity index (χ2v) is 8.77. The molecular weight excluding hydrogens is 478 g/mol. The summed E-state index contributed by atoms with van der Waals surface area (Å²) in [6, 6.07) is 24.4. The molecule has 6 nitrogen and oxygen atoms in total. The molecule has 0 aromatic heterocycles. The van der Waals surface area contributed by atoms with Crippen molar-refractivity contribution in [1.29, 1.82) is 0 Å². The Morgan fingerprint density at radius 3 is 2.25 bits per heavy atom. The number of carbonyl (C=O) groups is 3. The summed E-state index contributed by atoms with van der Waals surface area (Å²) in [6.07, 6.45) is 0.413. The van der Waals surface area contributed by atoms with Crippen molar-refractivity contribution in [3.8, 4) is 11.1 Å². The lowest BCUT2D eigenvalue weighted by Gasteiger charge is -2.19. The van der Waals surface area contributed by atoms with Crippen LogP contribution in [0.2, 0.25) is 5.02 Å². The number of hydrogen-bond donors (Lipinski definition) is 1. The smallest absolute Gasteiger partial charge is 0.308 e. The minimum Gasteiger partial charge on any atom is -0.466 e. The maximum Gasteiger partial charge on any atom is 0.308 e. The van der Waals surface area contributed by atoms with Gasteiger partial charge in [-0.2, -0.15) is 0 Å². The molecule has 0 unspecified atom stereocenters. The molecule has 0 aliphatic heterocycles. The monoisotopic (exact) mass is 507 g/mol. The van der Waals surface area contributed by atoms with Crippen molar-refractivity contribution < 1.29 is 23.9 Å². The molecule has 0 radical (unpaired) electrons. The molecule has 3 aromatic carbocycles. The number of rotatable bonds is 12. The Morgan fingerprint density at radius 2 is 1.56 bits per heavy atom. The zero-order valence-corrected chi connectivity index (χ0v) is 21.0. The van der Waals surface area contributed by atoms with E-state index in [-0.39, 0.29) is 38.4 Å². The highest BCUT2D eigenvalue weighted by Crippen LogP contribution is 2.23. The van der Waals surface area contributed by atoms with E-state index in [4.69, 9.17) is 21.1 Å². The molecule has 0 saturated carbocycles. The minimum atomic E-state index is -0.486. The largest absolute Gasteiger partial charge is 0.466 e. The third-order valence-electron chi connectivity index (χ3n) is 5.48. The van der Waals surface area contributed by atoms with Gasteiger partial charge in [0.15, 0.2) is 0 Å². The number of carbonyl (C=O) groups excluding carboxylic acids is 3. The molecule has 1 amide bonds. The highest BCUT2D eigenvalue weighted by atomic mass is 35.5. The Balaban J connectivity index is 1.64. The van der Waals surface area contributed by atoms with Crippen molar-refractivity contribution in [2.24, 2.45) is 0 Å². The van der Waals surface area contributed by atoms with Crippen LogP contribution in [0.5, 0.6) is 0 Å². The van der Waals surface area contributed by atoms with E-state index in [1.165, 1.54) is 0 Å². The molecule has 3 rings (SSSR count). The van der Waals surface area contributed by atoms with E-state index >= 15 is 0 Å². The molecule has 7 heteroatoms. The molecule has 1 atom stereocenters. The minimum absolute atomic E-state index is 0.00796. The van der Waals surface area contributed by atoms with Crippen LogP contribution in [0.1, 0.15) is 37.3 Å². The van der Waals surface area contributed by atoms with Crippen molar-refractivity contribution in [3.05, 3.63) is 95.0 Å². The normalized spacial score (nSPS) is 11.4. The van der Waals surface area contributed by atoms with Gasteiger partial charge in [-0.1, -0.05) is 78.3 Å². The van der Waals surface area contributed by atoms with Gasteiger partial charge in [0, 0.05) is 17.5 Å². The van der Waals surface area contributed by atoms with Gasteiger partial charge in [-0.25, -0.2) is 0 Å². The number of halogens is 1. The Morgan fingerprint density at radius 1 is 0.806 bits per heavy atom. The van der Waals surface area contributed by atoms with E-state index in [1.54, 1.807) is 6.92 Å². The second kappa shape index (κ2) is 14.0. The van der Waals surface area contributed by atoms with Gasteiger partial charge in [0.25, 0.3) is 0 Å². The summed E-state index contributed by atoms with van der Waals surface area (Å²) in [7, 11) is 0. The average Bonchev–Trinajstić information content (AvgIpc) is 2.87. The lowest BCUT2D eigenvalue weighted by Crippen LogP contribution is -2.38. The first kappa shape index (κ1) is 27.0. The second-order valence-electron chi connectivity index (χ2n) is 8.33. The van der Waals surface area contributed by atoms with Crippen LogP contribution in [0.3, 0.4) is 0 Å². The average molecular weight is 508 g/mol. The Bertz CT molecular complexity index is 1150. The number of nitrogens with one attached hydrogen (secondary N) is 1. The summed E-state index contributed by atoms with van der Waals surface area (Å²) in [4.78, 5) is 36.7. The Kier molecular flexibility index (Phi) is 10.5. The molecular formula is C29H30ClNO5. The zero-order chi connectivity index (χ0) is 25.8. The first-order valence-electron chi connectivity index (χ1n) is 11.9. The molecule has 36 heavy (non-hydrogen) atoms. The van der Waals surface area contributed by atoms with E-state index in [0.717, 1.165) is 22.3 Å². The topological polar surface area (TPSA) is 81.7 Å². The van der Waals surface area contributed by atoms with E-state index in [9.17, 15) is 14.4 Å². The van der Waals surface area contributed by atoms with Crippen molar-refractivity contribution in [2.75, 3.05) is 6.61 Å². The molecule has 0 spiro atoms. The summed E-state index contributed by atoms with van der Waals surface area (Å²) in [6.45, 7) is 2.14. The van der Waals surface area contributed by atoms with Crippen molar-refractivity contribution in [2.45, 2.75) is 45.3 Å². The number of ether oxygens (including phenoxy) is 2. The maximum absolute atomic E-state index is 12.6. The van der Waals surface area contributed by atoms with Gasteiger partial charge >= 0.3 is 11.9 Å². The summed E-state index contributed by atoms with van der Waals surface area (Å²) in [5.41, 5.74) is 3.85. The van der Waals surface area contributed by atoms with Crippen molar-refractivity contribution in [1.82, 2.24) is 5.32 Å². The van der Waals surface area contributed by atoms with Crippen molar-refractivity contribution in [3.63, 3.8) is 0 Å². The third kappa shape index (κ3) is 9.19. The molecule has 3 aromatic rings. The van der Waals surface area contributed by atoms with E-state index in [2.05, 4.69) is 5.32 Å². The van der Waals surface area contributed by atoms with Crippen LogP contribution in [0.25, 0.3) is 11.1 Å². The highest BCUT2D eigenvalue weighted by molar-refractivity contribution is 6.30. The standard InChI is InChI=1S/C29H30ClNO5/c1-2-35-28(33)16-15-27(32)31-26(19-29(34)36-20-22-7-4-3-5-8-22)17-21-11-13-23(14-12-21)24-9-6-10-25(30)18-24/h3-14,18,26H,2,15-17,19-20H2,1H3,(H,31,32)/t26-/m1/s1. The van der Waals surface area contributed by atoms with Crippen LogP contribution in [0, 0.1) is 0 Å². The van der Waals surface area contributed by atoms with E-state index in [1.807, 2.05) is 78.9 Å². The van der Waals surface area contributed by atoms with Gasteiger partial charge in [-0.3, -0.25) is 14.4 Å². The summed E-state index contributed by atoms with van der Waals surface area (Å²) in [5.74, 6) is -1.16. The van der Waals surface area contributed by atoms with E-state index < -0.39 is 18.0 Å². The maximum atomic E-state index is 12.6. The summed E-state index contributed by atoms with van der Waals surface area (Å²) >= 11 is 6.11. The number of benzene rings is 3. The number of amides is 1. The molecule has 0 fully saturated rings. The number of hydrogen-bond acceptors (Lipinski definition) is 5. The van der Waals surface area contributed by atoms with Crippen LogP contribution in [0.15, 0.2) is 78.9 Å². The van der Waals surface area contributed by atoms with Gasteiger partial charge in [0.05, 0.1) is 19.4 Å². The van der Waals surface area contributed by atoms with Gasteiger partial charge in [-0.05, 0) is 47.7 Å². The first-order chi connectivity index (χ1) is 17.4. The first-order valence-corrected chi connectivity index (χ1v) is 12.3. The van der Waals surface area contributed by atoms with Gasteiger partial charge in [-0.15, -0.1) is 0 Å². The van der Waals surface area contributed by atoms with Gasteiger partial charge in [0.1, 0.15) is 6.61 Å². The predicted octanol–water partition coefficient (Wildman–Crippen LogP) is 5.51. The molecule has 0 saturated heterocycles. The zero-order valence-electron chi connectivity index (χ0n) is 20.2. The number of esters is 2. The lowest BCUT2D eigenvalue weighted by atomic mass is 9.99. The summed E-state index contributed by atoms with van der Waals surface area (Å²) < 4.78 is 10.3. The van der Waals surface area contributed by atoms with Crippen LogP contribution >= 0.6 is 11.6 Å². The fraction of sp³-hybridized carbons (Fsp3) is 0.276.